The van der Waals surface area contributed by atoms with Crippen molar-refractivity contribution in [2.75, 3.05) is 0 Å². The monoisotopic (exact) mass is 262 g/mol. The number of halogens is 1. The van der Waals surface area contributed by atoms with Crippen LogP contribution in [-0.4, -0.2) is 21.0 Å². The number of hydrogen-bond donors (Lipinski definition) is 1. The van der Waals surface area contributed by atoms with Gasteiger partial charge in [0.05, 0.1) is 17.6 Å². The summed E-state index contributed by atoms with van der Waals surface area (Å²) in [5.41, 5.74) is 2.96. The van der Waals surface area contributed by atoms with E-state index in [-0.39, 0.29) is 0 Å². The first-order valence-corrected chi connectivity index (χ1v) is 6.52. The van der Waals surface area contributed by atoms with Crippen LogP contribution in [0.25, 0.3) is 5.69 Å². The van der Waals surface area contributed by atoms with Gasteiger partial charge in [-0.3, -0.25) is 0 Å². The van der Waals surface area contributed by atoms with Crippen LogP contribution in [0.1, 0.15) is 24.1 Å². The van der Waals surface area contributed by atoms with Gasteiger partial charge in [0.25, 0.3) is 0 Å². The number of hydrogen-bond acceptors (Lipinski definition) is 3. The highest BCUT2D eigenvalue weighted by atomic mass is 35.5. The van der Waals surface area contributed by atoms with Crippen molar-refractivity contribution in [3.63, 3.8) is 0 Å². The van der Waals surface area contributed by atoms with E-state index in [4.69, 9.17) is 11.6 Å². The van der Waals surface area contributed by atoms with Crippen molar-refractivity contribution in [1.82, 2.24) is 20.3 Å². The number of rotatable bonds is 4. The van der Waals surface area contributed by atoms with Gasteiger partial charge in [-0.2, -0.15) is 0 Å². The zero-order chi connectivity index (χ0) is 12.5. The molecule has 1 fully saturated rings. The largest absolute Gasteiger partial charge is 0.308 e. The number of benzene rings is 1. The van der Waals surface area contributed by atoms with Crippen LogP contribution in [0.15, 0.2) is 24.4 Å². The lowest BCUT2D eigenvalue weighted by molar-refractivity contribution is 0.671. The van der Waals surface area contributed by atoms with E-state index in [1.807, 2.05) is 31.3 Å². The molecule has 1 N–H and O–H groups in total. The molecular weight excluding hydrogens is 248 g/mol. The van der Waals surface area contributed by atoms with E-state index in [0.29, 0.717) is 6.04 Å². The van der Waals surface area contributed by atoms with Crippen molar-refractivity contribution in [3.8, 4) is 5.69 Å². The number of aromatic nitrogens is 3. The molecule has 0 bridgehead atoms. The van der Waals surface area contributed by atoms with Gasteiger partial charge in [-0.05, 0) is 37.5 Å². The van der Waals surface area contributed by atoms with E-state index in [0.717, 1.165) is 28.5 Å². The van der Waals surface area contributed by atoms with E-state index in [1.54, 1.807) is 4.68 Å². The summed E-state index contributed by atoms with van der Waals surface area (Å²) in [5.74, 6) is 0. The summed E-state index contributed by atoms with van der Waals surface area (Å²) in [4.78, 5) is 0. The predicted octanol–water partition coefficient (Wildman–Crippen LogP) is 2.48. The molecule has 1 aliphatic carbocycles. The molecule has 0 unspecified atom stereocenters. The Balaban J connectivity index is 1.80. The second-order valence-corrected chi connectivity index (χ2v) is 5.10. The number of nitrogens with zero attached hydrogens (tertiary/aromatic N) is 3. The predicted molar refractivity (Wildman–Crippen MR) is 71.0 cm³/mol. The highest BCUT2D eigenvalue weighted by Gasteiger charge is 2.20. The Morgan fingerprint density at radius 1 is 1.44 bits per heavy atom. The van der Waals surface area contributed by atoms with Crippen molar-refractivity contribution in [2.24, 2.45) is 0 Å². The molecule has 0 amide bonds. The van der Waals surface area contributed by atoms with Crippen LogP contribution in [0.3, 0.4) is 0 Å². The molecule has 1 aliphatic rings. The second-order valence-electron chi connectivity index (χ2n) is 4.69. The fraction of sp³-hybridized carbons (Fsp3) is 0.385. The summed E-state index contributed by atoms with van der Waals surface area (Å²) in [6, 6.07) is 6.48. The summed E-state index contributed by atoms with van der Waals surface area (Å²) in [5, 5.41) is 12.5. The lowest BCUT2D eigenvalue weighted by atomic mass is 10.2. The summed E-state index contributed by atoms with van der Waals surface area (Å²) in [6.07, 6.45) is 4.51. The van der Waals surface area contributed by atoms with Gasteiger partial charge in [0.2, 0.25) is 0 Å². The van der Waals surface area contributed by atoms with E-state index in [9.17, 15) is 0 Å². The molecular formula is C13H15ClN4. The van der Waals surface area contributed by atoms with Crippen LogP contribution < -0.4 is 5.32 Å². The van der Waals surface area contributed by atoms with Crippen LogP contribution >= 0.6 is 11.6 Å². The fourth-order valence-corrected chi connectivity index (χ4v) is 2.05. The molecule has 5 heteroatoms. The Hall–Kier alpha value is -1.39. The van der Waals surface area contributed by atoms with E-state index in [2.05, 4.69) is 15.6 Å². The zero-order valence-electron chi connectivity index (χ0n) is 10.2. The third-order valence-electron chi connectivity index (χ3n) is 3.18. The Kier molecular flexibility index (Phi) is 3.06. The number of nitrogens with one attached hydrogen (secondary N) is 1. The quantitative estimate of drug-likeness (QED) is 0.921. The van der Waals surface area contributed by atoms with Crippen LogP contribution in [0.4, 0.5) is 0 Å². The minimum absolute atomic E-state index is 0.683. The van der Waals surface area contributed by atoms with Crippen LogP contribution in [0.5, 0.6) is 0 Å². The lowest BCUT2D eigenvalue weighted by Crippen LogP contribution is -2.15. The standard InChI is InChI=1S/C13H15ClN4/c1-9-12(14)3-2-4-13(9)18-8-11(16-17-18)7-15-10-5-6-10/h2-4,8,10,15H,5-7H2,1H3. The minimum Gasteiger partial charge on any atom is -0.308 e. The normalized spacial score (nSPS) is 15.0. The average Bonchev–Trinajstić information content (AvgIpc) is 3.08. The first-order valence-electron chi connectivity index (χ1n) is 6.14. The summed E-state index contributed by atoms with van der Waals surface area (Å²) in [7, 11) is 0. The maximum absolute atomic E-state index is 6.11. The molecule has 1 aromatic heterocycles. The summed E-state index contributed by atoms with van der Waals surface area (Å²) < 4.78 is 1.78. The lowest BCUT2D eigenvalue weighted by Gasteiger charge is -2.05. The second kappa shape index (κ2) is 4.71. The molecule has 0 radical (unpaired) electrons. The summed E-state index contributed by atoms with van der Waals surface area (Å²) in [6.45, 7) is 2.77. The molecule has 4 nitrogen and oxygen atoms in total. The van der Waals surface area contributed by atoms with Gasteiger partial charge in [-0.25, -0.2) is 4.68 Å². The molecule has 1 saturated carbocycles. The van der Waals surface area contributed by atoms with Gasteiger partial charge in [0.1, 0.15) is 0 Å². The van der Waals surface area contributed by atoms with Crippen molar-refractivity contribution in [2.45, 2.75) is 32.4 Å². The Morgan fingerprint density at radius 3 is 3.06 bits per heavy atom. The van der Waals surface area contributed by atoms with Crippen LogP contribution in [0, 0.1) is 6.92 Å². The highest BCUT2D eigenvalue weighted by molar-refractivity contribution is 6.31. The first kappa shape index (κ1) is 11.7. The molecule has 0 atom stereocenters. The molecule has 1 heterocycles. The SMILES string of the molecule is Cc1c(Cl)cccc1-n1cc(CNC2CC2)nn1. The topological polar surface area (TPSA) is 42.7 Å². The Bertz CT molecular complexity index is 560. The third kappa shape index (κ3) is 2.40. The highest BCUT2D eigenvalue weighted by Crippen LogP contribution is 2.22. The molecule has 1 aromatic carbocycles. The van der Waals surface area contributed by atoms with Crippen molar-refractivity contribution < 1.29 is 0 Å². The average molecular weight is 263 g/mol. The smallest absolute Gasteiger partial charge is 0.0969 e. The van der Waals surface area contributed by atoms with Gasteiger partial charge in [-0.1, -0.05) is 22.9 Å². The van der Waals surface area contributed by atoms with E-state index in [1.165, 1.54) is 12.8 Å². The van der Waals surface area contributed by atoms with E-state index < -0.39 is 0 Å². The van der Waals surface area contributed by atoms with Crippen molar-refractivity contribution >= 4 is 11.6 Å². The molecule has 94 valence electrons. The zero-order valence-corrected chi connectivity index (χ0v) is 11.0. The molecule has 18 heavy (non-hydrogen) atoms. The first-order chi connectivity index (χ1) is 8.74. The van der Waals surface area contributed by atoms with Crippen molar-refractivity contribution in [1.29, 1.82) is 0 Å². The van der Waals surface area contributed by atoms with Gasteiger partial charge < -0.3 is 5.32 Å². The molecule has 0 saturated heterocycles. The molecule has 3 rings (SSSR count). The minimum atomic E-state index is 0.683. The molecule has 0 spiro atoms. The fourth-order valence-electron chi connectivity index (χ4n) is 1.88. The third-order valence-corrected chi connectivity index (χ3v) is 3.59. The maximum Gasteiger partial charge on any atom is 0.0969 e. The molecule has 2 aromatic rings. The Morgan fingerprint density at radius 2 is 2.28 bits per heavy atom. The van der Waals surface area contributed by atoms with Gasteiger partial charge in [0, 0.05) is 17.6 Å². The molecule has 0 aliphatic heterocycles. The van der Waals surface area contributed by atoms with Gasteiger partial charge in [-0.15, -0.1) is 5.10 Å². The van der Waals surface area contributed by atoms with Crippen molar-refractivity contribution in [3.05, 3.63) is 40.7 Å². The summed E-state index contributed by atoms with van der Waals surface area (Å²) >= 11 is 6.11. The van der Waals surface area contributed by atoms with Gasteiger partial charge in [0.15, 0.2) is 0 Å². The van der Waals surface area contributed by atoms with Crippen LogP contribution in [0.2, 0.25) is 5.02 Å². The van der Waals surface area contributed by atoms with Gasteiger partial charge >= 0.3 is 0 Å². The van der Waals surface area contributed by atoms with Crippen LogP contribution in [-0.2, 0) is 6.54 Å². The van der Waals surface area contributed by atoms with E-state index >= 15 is 0 Å². The Labute approximate surface area is 111 Å². The maximum atomic E-state index is 6.11.